The fraction of sp³-hybridized carbons (Fsp3) is 0.462. The highest BCUT2D eigenvalue weighted by Gasteiger charge is 2.39. The van der Waals surface area contributed by atoms with Crippen molar-refractivity contribution in [3.63, 3.8) is 0 Å². The van der Waals surface area contributed by atoms with Crippen molar-refractivity contribution in [1.29, 1.82) is 0 Å². The minimum atomic E-state index is -0.256. The first-order valence-electron chi connectivity index (χ1n) is 5.78. The largest absolute Gasteiger partial charge is 0.274 e. The molecule has 18 heavy (non-hydrogen) atoms. The minimum Gasteiger partial charge on any atom is -0.274 e. The number of aromatic nitrogens is 1. The standard InChI is InChI=1S/C13H15BrN2O2/c1-8-4-9(14)7-15-12(8)16-10(17)5-13(2,3)6-11(16)18/h4,7H,5-6H2,1-3H3. The van der Waals surface area contributed by atoms with Crippen molar-refractivity contribution in [2.75, 3.05) is 4.90 Å². The number of aryl methyl sites for hydroxylation is 1. The molecule has 0 aromatic carbocycles. The van der Waals surface area contributed by atoms with Crippen LogP contribution in [0.2, 0.25) is 0 Å². The lowest BCUT2D eigenvalue weighted by Crippen LogP contribution is -2.47. The topological polar surface area (TPSA) is 50.3 Å². The second kappa shape index (κ2) is 4.46. The van der Waals surface area contributed by atoms with Crippen LogP contribution in [0.4, 0.5) is 5.82 Å². The zero-order valence-corrected chi connectivity index (χ0v) is 12.2. The van der Waals surface area contributed by atoms with Crippen LogP contribution >= 0.6 is 15.9 Å². The van der Waals surface area contributed by atoms with Crippen LogP contribution in [0.3, 0.4) is 0 Å². The molecule has 2 amide bonds. The highest BCUT2D eigenvalue weighted by Crippen LogP contribution is 2.34. The number of halogens is 1. The highest BCUT2D eigenvalue weighted by atomic mass is 79.9. The van der Waals surface area contributed by atoms with Gasteiger partial charge in [-0.05, 0) is 39.9 Å². The maximum atomic E-state index is 12.1. The predicted octanol–water partition coefficient (Wildman–Crippen LogP) is 2.83. The van der Waals surface area contributed by atoms with Gasteiger partial charge < -0.3 is 0 Å². The number of piperidine rings is 1. The number of hydrogen-bond donors (Lipinski definition) is 0. The summed E-state index contributed by atoms with van der Waals surface area (Å²) in [6.07, 6.45) is 2.34. The van der Waals surface area contributed by atoms with Gasteiger partial charge >= 0.3 is 0 Å². The zero-order chi connectivity index (χ0) is 13.5. The van der Waals surface area contributed by atoms with Gasteiger partial charge in [-0.1, -0.05) is 13.8 Å². The predicted molar refractivity (Wildman–Crippen MR) is 72.2 cm³/mol. The van der Waals surface area contributed by atoms with Crippen LogP contribution in [0.15, 0.2) is 16.7 Å². The lowest BCUT2D eigenvalue weighted by Gasteiger charge is -2.34. The summed E-state index contributed by atoms with van der Waals surface area (Å²) in [5.41, 5.74) is 0.555. The third-order valence-corrected chi connectivity index (χ3v) is 3.42. The SMILES string of the molecule is Cc1cc(Br)cnc1N1C(=O)CC(C)(C)CC1=O. The molecule has 0 aliphatic carbocycles. The number of carbonyl (C=O) groups excluding carboxylic acids is 2. The van der Waals surface area contributed by atoms with Gasteiger partial charge in [0, 0.05) is 23.5 Å². The summed E-state index contributed by atoms with van der Waals surface area (Å²) >= 11 is 3.32. The van der Waals surface area contributed by atoms with E-state index in [-0.39, 0.29) is 17.2 Å². The average Bonchev–Trinajstić information content (AvgIpc) is 2.18. The van der Waals surface area contributed by atoms with Gasteiger partial charge in [-0.15, -0.1) is 0 Å². The van der Waals surface area contributed by atoms with Gasteiger partial charge in [0.1, 0.15) is 5.82 Å². The third kappa shape index (κ3) is 2.46. The van der Waals surface area contributed by atoms with Crippen molar-refractivity contribution in [1.82, 2.24) is 4.98 Å². The summed E-state index contributed by atoms with van der Waals surface area (Å²) in [7, 11) is 0. The summed E-state index contributed by atoms with van der Waals surface area (Å²) in [6, 6.07) is 1.85. The van der Waals surface area contributed by atoms with Crippen LogP contribution in [-0.2, 0) is 9.59 Å². The van der Waals surface area contributed by atoms with Gasteiger partial charge in [-0.25, -0.2) is 9.88 Å². The van der Waals surface area contributed by atoms with Crippen molar-refractivity contribution < 1.29 is 9.59 Å². The van der Waals surface area contributed by atoms with E-state index in [1.807, 2.05) is 26.8 Å². The third-order valence-electron chi connectivity index (χ3n) is 2.99. The molecule has 4 nitrogen and oxygen atoms in total. The normalized spacial score (nSPS) is 19.2. The molecule has 1 aromatic rings. The quantitative estimate of drug-likeness (QED) is 0.749. The summed E-state index contributed by atoms with van der Waals surface area (Å²) in [4.78, 5) is 29.6. The molecule has 96 valence electrons. The fourth-order valence-electron chi connectivity index (χ4n) is 2.18. The summed E-state index contributed by atoms with van der Waals surface area (Å²) in [5.74, 6) is 0.104. The van der Waals surface area contributed by atoms with E-state index in [4.69, 9.17) is 0 Å². The number of amides is 2. The first kappa shape index (κ1) is 13.2. The smallest absolute Gasteiger partial charge is 0.235 e. The summed E-state index contributed by atoms with van der Waals surface area (Å²) in [6.45, 7) is 5.71. The molecule has 1 aromatic heterocycles. The van der Waals surface area contributed by atoms with E-state index >= 15 is 0 Å². The molecule has 0 unspecified atom stereocenters. The van der Waals surface area contributed by atoms with Crippen LogP contribution in [0, 0.1) is 12.3 Å². The van der Waals surface area contributed by atoms with Crippen molar-refractivity contribution in [3.8, 4) is 0 Å². The van der Waals surface area contributed by atoms with Crippen LogP contribution in [0.1, 0.15) is 32.3 Å². The minimum absolute atomic E-state index is 0.172. The van der Waals surface area contributed by atoms with Crippen LogP contribution in [0.5, 0.6) is 0 Å². The van der Waals surface area contributed by atoms with Crippen LogP contribution in [-0.4, -0.2) is 16.8 Å². The maximum absolute atomic E-state index is 12.1. The average molecular weight is 311 g/mol. The molecule has 1 aliphatic heterocycles. The second-order valence-corrected chi connectivity index (χ2v) is 6.35. The van der Waals surface area contributed by atoms with E-state index in [1.165, 1.54) is 4.90 Å². The van der Waals surface area contributed by atoms with Gasteiger partial charge in [-0.2, -0.15) is 0 Å². The first-order chi connectivity index (χ1) is 8.30. The van der Waals surface area contributed by atoms with Gasteiger partial charge in [0.25, 0.3) is 0 Å². The molecule has 1 aliphatic rings. The van der Waals surface area contributed by atoms with Gasteiger partial charge in [0.2, 0.25) is 11.8 Å². The van der Waals surface area contributed by atoms with E-state index in [2.05, 4.69) is 20.9 Å². The Morgan fingerprint density at radius 2 is 1.83 bits per heavy atom. The van der Waals surface area contributed by atoms with Gasteiger partial charge in [0.05, 0.1) is 0 Å². The Morgan fingerprint density at radius 1 is 1.28 bits per heavy atom. The van der Waals surface area contributed by atoms with E-state index in [9.17, 15) is 9.59 Å². The van der Waals surface area contributed by atoms with Crippen LogP contribution in [0.25, 0.3) is 0 Å². The molecule has 2 heterocycles. The Kier molecular flexibility index (Phi) is 3.27. The molecular weight excluding hydrogens is 296 g/mol. The molecule has 0 atom stereocenters. The lowest BCUT2D eigenvalue weighted by molar-refractivity contribution is -0.132. The summed E-state index contributed by atoms with van der Waals surface area (Å²) < 4.78 is 0.834. The number of imide groups is 1. The Labute approximate surface area is 115 Å². The van der Waals surface area contributed by atoms with Gasteiger partial charge in [0.15, 0.2) is 0 Å². The number of nitrogens with zero attached hydrogens (tertiary/aromatic N) is 2. The molecule has 0 saturated carbocycles. The molecule has 2 rings (SSSR count). The zero-order valence-electron chi connectivity index (χ0n) is 10.7. The van der Waals surface area contributed by atoms with E-state index in [1.54, 1.807) is 6.20 Å². The monoisotopic (exact) mass is 310 g/mol. The van der Waals surface area contributed by atoms with Crippen molar-refractivity contribution in [2.24, 2.45) is 5.41 Å². The Hall–Kier alpha value is -1.23. The molecule has 1 fully saturated rings. The van der Waals surface area contributed by atoms with Crippen molar-refractivity contribution in [3.05, 3.63) is 22.3 Å². The number of hydrogen-bond acceptors (Lipinski definition) is 3. The van der Waals surface area contributed by atoms with Crippen molar-refractivity contribution >= 4 is 33.6 Å². The van der Waals surface area contributed by atoms with E-state index in [0.29, 0.717) is 18.7 Å². The Balaban J connectivity index is 2.39. The number of rotatable bonds is 1. The molecule has 5 heteroatoms. The number of anilines is 1. The second-order valence-electron chi connectivity index (χ2n) is 5.43. The van der Waals surface area contributed by atoms with E-state index < -0.39 is 0 Å². The lowest BCUT2D eigenvalue weighted by atomic mass is 9.81. The molecule has 0 spiro atoms. The van der Waals surface area contributed by atoms with E-state index in [0.717, 1.165) is 10.0 Å². The van der Waals surface area contributed by atoms with Crippen LogP contribution < -0.4 is 4.90 Å². The Morgan fingerprint density at radius 3 is 2.33 bits per heavy atom. The summed E-state index contributed by atoms with van der Waals surface area (Å²) in [5, 5.41) is 0. The molecular formula is C13H15BrN2O2. The Bertz CT molecular complexity index is 506. The maximum Gasteiger partial charge on any atom is 0.235 e. The molecule has 0 bridgehead atoms. The highest BCUT2D eigenvalue weighted by molar-refractivity contribution is 9.10. The van der Waals surface area contributed by atoms with Gasteiger partial charge in [-0.3, -0.25) is 9.59 Å². The number of pyridine rings is 1. The number of carbonyl (C=O) groups is 2. The molecule has 0 radical (unpaired) electrons. The molecule has 0 N–H and O–H groups in total. The fourth-order valence-corrected chi connectivity index (χ4v) is 2.63. The first-order valence-corrected chi connectivity index (χ1v) is 6.57. The molecule has 1 saturated heterocycles. The van der Waals surface area contributed by atoms with Crippen molar-refractivity contribution in [2.45, 2.75) is 33.6 Å².